The van der Waals surface area contributed by atoms with Crippen LogP contribution in [0.3, 0.4) is 0 Å². The fraction of sp³-hybridized carbons (Fsp3) is 0.429. The molecule has 0 aliphatic heterocycles. The van der Waals surface area contributed by atoms with Gasteiger partial charge in [-0.1, -0.05) is 0 Å². The van der Waals surface area contributed by atoms with E-state index in [1.807, 2.05) is 0 Å². The lowest BCUT2D eigenvalue weighted by Gasteiger charge is -2.15. The van der Waals surface area contributed by atoms with Crippen LogP contribution in [-0.4, -0.2) is 6.17 Å². The third kappa shape index (κ3) is 1.40. The number of halogens is 2. The lowest BCUT2D eigenvalue weighted by atomic mass is 10.0. The molecule has 1 aliphatic carbocycles. The molecule has 0 spiro atoms. The monoisotopic (exact) mass is 205 g/mol. The highest BCUT2D eigenvalue weighted by molar-refractivity contribution is 9.11. The fourth-order valence-corrected chi connectivity index (χ4v) is 1.36. The quantitative estimate of drug-likeness (QED) is 0.646. The minimum absolute atomic E-state index is 0.322. The standard InChI is InChI=1S/C7H9BrFN/c1-4-2-5(8)7(10)3-6(4)9/h2,6H,3,10H2,1H3. The molecule has 1 rings (SSSR count). The van der Waals surface area contributed by atoms with Crippen molar-refractivity contribution in [1.29, 1.82) is 0 Å². The first kappa shape index (κ1) is 7.79. The minimum Gasteiger partial charge on any atom is -0.401 e. The number of rotatable bonds is 0. The van der Waals surface area contributed by atoms with Crippen LogP contribution >= 0.6 is 15.9 Å². The van der Waals surface area contributed by atoms with Crippen LogP contribution in [0.2, 0.25) is 0 Å². The highest BCUT2D eigenvalue weighted by Gasteiger charge is 2.16. The Balaban J connectivity index is 2.88. The maximum absolute atomic E-state index is 12.8. The first-order valence-electron chi connectivity index (χ1n) is 3.07. The Morgan fingerprint density at radius 2 is 2.40 bits per heavy atom. The zero-order chi connectivity index (χ0) is 7.72. The van der Waals surface area contributed by atoms with Crippen LogP contribution < -0.4 is 5.73 Å². The molecule has 0 aromatic carbocycles. The van der Waals surface area contributed by atoms with E-state index in [1.165, 1.54) is 0 Å². The van der Waals surface area contributed by atoms with Crippen molar-refractivity contribution in [3.05, 3.63) is 21.8 Å². The topological polar surface area (TPSA) is 26.0 Å². The van der Waals surface area contributed by atoms with E-state index < -0.39 is 6.17 Å². The third-order valence-corrected chi connectivity index (χ3v) is 2.29. The Bertz CT molecular complexity index is 208. The van der Waals surface area contributed by atoms with Gasteiger partial charge in [-0.05, 0) is 34.5 Å². The molecule has 1 nitrogen and oxygen atoms in total. The van der Waals surface area contributed by atoms with E-state index in [9.17, 15) is 4.39 Å². The van der Waals surface area contributed by atoms with E-state index in [4.69, 9.17) is 5.73 Å². The summed E-state index contributed by atoms with van der Waals surface area (Å²) in [4.78, 5) is 0. The van der Waals surface area contributed by atoms with Gasteiger partial charge in [-0.25, -0.2) is 4.39 Å². The predicted molar refractivity (Wildman–Crippen MR) is 43.4 cm³/mol. The largest absolute Gasteiger partial charge is 0.401 e. The maximum Gasteiger partial charge on any atom is 0.127 e. The van der Waals surface area contributed by atoms with Crippen molar-refractivity contribution >= 4 is 15.9 Å². The summed E-state index contributed by atoms with van der Waals surface area (Å²) in [6.07, 6.45) is 1.16. The normalized spacial score (nSPS) is 26.7. The van der Waals surface area contributed by atoms with Gasteiger partial charge in [0, 0.05) is 16.6 Å². The van der Waals surface area contributed by atoms with Crippen LogP contribution in [0, 0.1) is 0 Å². The lowest BCUT2D eigenvalue weighted by Crippen LogP contribution is -2.13. The Morgan fingerprint density at radius 1 is 1.80 bits per heavy atom. The van der Waals surface area contributed by atoms with Crippen LogP contribution in [0.5, 0.6) is 0 Å². The Labute approximate surface area is 67.9 Å². The molecule has 10 heavy (non-hydrogen) atoms. The number of hydrogen-bond donors (Lipinski definition) is 1. The van der Waals surface area contributed by atoms with Gasteiger partial charge in [-0.2, -0.15) is 0 Å². The zero-order valence-corrected chi connectivity index (χ0v) is 7.28. The second kappa shape index (κ2) is 2.74. The zero-order valence-electron chi connectivity index (χ0n) is 5.70. The molecule has 3 heteroatoms. The van der Waals surface area contributed by atoms with Crippen LogP contribution in [0.25, 0.3) is 0 Å². The van der Waals surface area contributed by atoms with E-state index in [-0.39, 0.29) is 0 Å². The smallest absolute Gasteiger partial charge is 0.127 e. The highest BCUT2D eigenvalue weighted by atomic mass is 79.9. The van der Waals surface area contributed by atoms with Crippen molar-refractivity contribution in [2.75, 3.05) is 0 Å². The van der Waals surface area contributed by atoms with Gasteiger partial charge in [0.1, 0.15) is 6.17 Å². The van der Waals surface area contributed by atoms with Gasteiger partial charge in [0.25, 0.3) is 0 Å². The van der Waals surface area contributed by atoms with Gasteiger partial charge in [0.05, 0.1) is 0 Å². The predicted octanol–water partition coefficient (Wildman–Crippen LogP) is 2.24. The molecule has 0 saturated carbocycles. The molecular formula is C7H9BrFN. The van der Waals surface area contributed by atoms with E-state index in [0.29, 0.717) is 12.1 Å². The molecule has 0 radical (unpaired) electrons. The third-order valence-electron chi connectivity index (χ3n) is 1.55. The first-order chi connectivity index (χ1) is 4.61. The van der Waals surface area contributed by atoms with Crippen LogP contribution in [0.15, 0.2) is 21.8 Å². The Morgan fingerprint density at radius 3 is 2.90 bits per heavy atom. The van der Waals surface area contributed by atoms with Crippen molar-refractivity contribution in [2.45, 2.75) is 19.5 Å². The Kier molecular flexibility index (Phi) is 2.14. The van der Waals surface area contributed by atoms with Crippen LogP contribution in [0.1, 0.15) is 13.3 Å². The minimum atomic E-state index is -0.888. The molecule has 0 amide bonds. The molecule has 2 N–H and O–H groups in total. The number of hydrogen-bond acceptors (Lipinski definition) is 1. The van der Waals surface area contributed by atoms with Gasteiger partial charge in [-0.3, -0.25) is 0 Å². The molecule has 0 bridgehead atoms. The van der Waals surface area contributed by atoms with Crippen LogP contribution in [0.4, 0.5) is 4.39 Å². The van der Waals surface area contributed by atoms with Crippen molar-refractivity contribution in [3.8, 4) is 0 Å². The van der Waals surface area contributed by atoms with Gasteiger partial charge in [-0.15, -0.1) is 0 Å². The molecule has 56 valence electrons. The van der Waals surface area contributed by atoms with E-state index >= 15 is 0 Å². The molecule has 0 saturated heterocycles. The van der Waals surface area contributed by atoms with Gasteiger partial charge >= 0.3 is 0 Å². The molecule has 0 aromatic rings. The van der Waals surface area contributed by atoms with Crippen molar-refractivity contribution in [2.24, 2.45) is 5.73 Å². The summed E-state index contributed by atoms with van der Waals surface area (Å²) in [6, 6.07) is 0. The summed E-state index contributed by atoms with van der Waals surface area (Å²) >= 11 is 3.23. The second-order valence-electron chi connectivity index (χ2n) is 2.43. The summed E-state index contributed by atoms with van der Waals surface area (Å²) in [6.45, 7) is 1.76. The summed E-state index contributed by atoms with van der Waals surface area (Å²) in [5.74, 6) is 0. The van der Waals surface area contributed by atoms with Crippen LogP contribution in [-0.2, 0) is 0 Å². The van der Waals surface area contributed by atoms with Gasteiger partial charge in [0.2, 0.25) is 0 Å². The van der Waals surface area contributed by atoms with Gasteiger partial charge < -0.3 is 5.73 Å². The molecule has 0 heterocycles. The summed E-state index contributed by atoms with van der Waals surface area (Å²) in [7, 11) is 0. The molecular weight excluding hydrogens is 197 g/mol. The molecule has 0 aromatic heterocycles. The van der Waals surface area contributed by atoms with E-state index in [2.05, 4.69) is 15.9 Å². The van der Waals surface area contributed by atoms with E-state index in [1.54, 1.807) is 13.0 Å². The van der Waals surface area contributed by atoms with E-state index in [0.717, 1.165) is 10.1 Å². The fourth-order valence-electron chi connectivity index (χ4n) is 0.835. The molecule has 1 atom stereocenters. The summed E-state index contributed by atoms with van der Waals surface area (Å²) < 4.78 is 13.6. The Hall–Kier alpha value is -0.310. The highest BCUT2D eigenvalue weighted by Crippen LogP contribution is 2.26. The molecule has 1 unspecified atom stereocenters. The van der Waals surface area contributed by atoms with Crippen molar-refractivity contribution < 1.29 is 4.39 Å². The summed E-state index contributed by atoms with van der Waals surface area (Å²) in [5.41, 5.74) is 6.81. The average molecular weight is 206 g/mol. The average Bonchev–Trinajstić information content (AvgIpc) is 1.84. The number of alkyl halides is 1. The maximum atomic E-state index is 12.8. The molecule has 0 fully saturated rings. The number of nitrogens with two attached hydrogens (primary N) is 1. The summed E-state index contributed by atoms with van der Waals surface area (Å²) in [5, 5.41) is 0. The first-order valence-corrected chi connectivity index (χ1v) is 3.87. The van der Waals surface area contributed by atoms with Crippen molar-refractivity contribution in [3.63, 3.8) is 0 Å². The second-order valence-corrected chi connectivity index (χ2v) is 3.29. The number of allylic oxidation sites excluding steroid dienone is 4. The molecule has 1 aliphatic rings. The lowest BCUT2D eigenvalue weighted by molar-refractivity contribution is 0.375. The SMILES string of the molecule is CC1=CC(Br)=C(N)CC1F. The van der Waals surface area contributed by atoms with Gasteiger partial charge in [0.15, 0.2) is 0 Å². The van der Waals surface area contributed by atoms with Crippen molar-refractivity contribution in [1.82, 2.24) is 0 Å².